The minimum absolute atomic E-state index is 0.118. The van der Waals surface area contributed by atoms with E-state index >= 15 is 0 Å². The normalized spacial score (nSPS) is 10.7. The Morgan fingerprint density at radius 3 is 2.67 bits per heavy atom. The number of hydrogen-bond acceptors (Lipinski definition) is 5. The first-order valence-electron chi connectivity index (χ1n) is 9.58. The summed E-state index contributed by atoms with van der Waals surface area (Å²) in [5, 5.41) is 3.59. The summed E-state index contributed by atoms with van der Waals surface area (Å²) in [5.74, 6) is 2.32. The molecule has 152 valence electrons. The third-order valence-electron chi connectivity index (χ3n) is 4.18. The maximum Gasteiger partial charge on any atom is 0.234 e. The van der Waals surface area contributed by atoms with E-state index in [1.165, 1.54) is 11.8 Å². The number of para-hydroxylation sites is 1. The van der Waals surface area contributed by atoms with Crippen molar-refractivity contribution in [1.29, 1.82) is 0 Å². The van der Waals surface area contributed by atoms with Crippen molar-refractivity contribution < 1.29 is 14.3 Å². The van der Waals surface area contributed by atoms with Crippen molar-refractivity contribution in [3.63, 3.8) is 0 Å². The van der Waals surface area contributed by atoms with Crippen LogP contribution in [-0.2, 0) is 4.79 Å². The number of hydrogen-bond donors (Lipinski definition) is 2. The van der Waals surface area contributed by atoms with Gasteiger partial charge in [0.05, 0.1) is 23.4 Å². The zero-order chi connectivity index (χ0) is 20.8. The number of aromatic nitrogens is 2. The minimum Gasteiger partial charge on any atom is -0.494 e. The van der Waals surface area contributed by atoms with Crippen LogP contribution in [0.5, 0.6) is 17.2 Å². The predicted molar refractivity (Wildman–Crippen MR) is 120 cm³/mol. The lowest BCUT2D eigenvalue weighted by Gasteiger charge is -2.08. The molecule has 7 heteroatoms. The topological polar surface area (TPSA) is 76.2 Å². The molecule has 0 unspecified atom stereocenters. The molecule has 0 bridgehead atoms. The number of benzene rings is 3. The summed E-state index contributed by atoms with van der Waals surface area (Å²) >= 11 is 1.35. The molecule has 0 radical (unpaired) electrons. The first-order chi connectivity index (χ1) is 14.7. The lowest BCUT2D eigenvalue weighted by atomic mass is 10.3. The number of carbonyl (C=O) groups is 1. The Balaban J connectivity index is 1.34. The van der Waals surface area contributed by atoms with E-state index in [0.29, 0.717) is 23.2 Å². The summed E-state index contributed by atoms with van der Waals surface area (Å²) in [7, 11) is 0. The molecule has 4 aromatic rings. The number of fused-ring (bicyclic) bond motifs is 1. The fourth-order valence-corrected chi connectivity index (χ4v) is 3.57. The molecule has 0 aliphatic heterocycles. The van der Waals surface area contributed by atoms with E-state index in [1.807, 2.05) is 73.7 Å². The van der Waals surface area contributed by atoms with Crippen molar-refractivity contribution >= 4 is 34.4 Å². The highest BCUT2D eigenvalue weighted by atomic mass is 32.2. The van der Waals surface area contributed by atoms with Crippen LogP contribution < -0.4 is 14.8 Å². The van der Waals surface area contributed by atoms with E-state index in [2.05, 4.69) is 15.3 Å². The van der Waals surface area contributed by atoms with Crippen LogP contribution in [0.25, 0.3) is 11.0 Å². The number of anilines is 1. The number of ether oxygens (including phenoxy) is 2. The maximum absolute atomic E-state index is 12.4. The van der Waals surface area contributed by atoms with Crippen LogP contribution in [0.2, 0.25) is 0 Å². The number of H-pyrrole nitrogens is 1. The van der Waals surface area contributed by atoms with Gasteiger partial charge in [-0.25, -0.2) is 4.98 Å². The second-order valence-electron chi connectivity index (χ2n) is 6.43. The number of amides is 1. The third-order valence-corrected chi connectivity index (χ3v) is 5.05. The molecule has 0 atom stereocenters. The van der Waals surface area contributed by atoms with Gasteiger partial charge in [0, 0.05) is 17.8 Å². The van der Waals surface area contributed by atoms with Crippen molar-refractivity contribution in [3.8, 4) is 17.2 Å². The number of rotatable bonds is 8. The second-order valence-corrected chi connectivity index (χ2v) is 7.40. The summed E-state index contributed by atoms with van der Waals surface area (Å²) in [5.41, 5.74) is 2.40. The molecule has 0 fully saturated rings. The number of imidazole rings is 1. The van der Waals surface area contributed by atoms with Crippen LogP contribution in [0.4, 0.5) is 5.69 Å². The molecular weight excluding hydrogens is 398 g/mol. The maximum atomic E-state index is 12.4. The number of aromatic amines is 1. The monoisotopic (exact) mass is 419 g/mol. The number of nitrogens with zero attached hydrogens (tertiary/aromatic N) is 1. The van der Waals surface area contributed by atoms with Crippen LogP contribution in [0.3, 0.4) is 0 Å². The number of thioether (sulfide) groups is 1. The molecule has 30 heavy (non-hydrogen) atoms. The Hall–Kier alpha value is -3.45. The molecule has 2 N–H and O–H groups in total. The molecule has 1 heterocycles. The molecule has 0 saturated carbocycles. The number of carbonyl (C=O) groups excluding carboxylic acids is 1. The van der Waals surface area contributed by atoms with E-state index in [1.54, 1.807) is 6.07 Å². The molecule has 1 amide bonds. The van der Waals surface area contributed by atoms with Crippen LogP contribution in [0.1, 0.15) is 6.92 Å². The molecule has 0 aliphatic carbocycles. The third kappa shape index (κ3) is 5.12. The zero-order valence-electron chi connectivity index (χ0n) is 16.4. The summed E-state index contributed by atoms with van der Waals surface area (Å²) in [6.45, 7) is 2.56. The van der Waals surface area contributed by atoms with Gasteiger partial charge < -0.3 is 19.8 Å². The fraction of sp³-hybridized carbons (Fsp3) is 0.130. The van der Waals surface area contributed by atoms with Gasteiger partial charge in [-0.2, -0.15) is 0 Å². The van der Waals surface area contributed by atoms with E-state index in [9.17, 15) is 4.79 Å². The Kier molecular flexibility index (Phi) is 6.20. The Morgan fingerprint density at radius 1 is 1.00 bits per heavy atom. The molecule has 0 saturated heterocycles. The van der Waals surface area contributed by atoms with Gasteiger partial charge in [0.15, 0.2) is 5.16 Å². The van der Waals surface area contributed by atoms with Crippen molar-refractivity contribution in [2.24, 2.45) is 0 Å². The Labute approximate surface area is 178 Å². The summed E-state index contributed by atoms with van der Waals surface area (Å²) in [6, 6.07) is 22.5. The van der Waals surface area contributed by atoms with Gasteiger partial charge in [0.1, 0.15) is 17.2 Å². The van der Waals surface area contributed by atoms with Gasteiger partial charge in [-0.1, -0.05) is 36.0 Å². The van der Waals surface area contributed by atoms with Gasteiger partial charge in [-0.15, -0.1) is 0 Å². The summed E-state index contributed by atoms with van der Waals surface area (Å²) in [4.78, 5) is 20.1. The summed E-state index contributed by atoms with van der Waals surface area (Å²) < 4.78 is 11.3. The van der Waals surface area contributed by atoms with E-state index in [0.717, 1.165) is 22.5 Å². The van der Waals surface area contributed by atoms with Gasteiger partial charge in [-0.3, -0.25) is 4.79 Å². The smallest absolute Gasteiger partial charge is 0.234 e. The second kappa shape index (κ2) is 9.37. The van der Waals surface area contributed by atoms with Crippen molar-refractivity contribution in [2.75, 3.05) is 17.7 Å². The molecule has 4 rings (SSSR count). The van der Waals surface area contributed by atoms with E-state index in [4.69, 9.17) is 9.47 Å². The van der Waals surface area contributed by atoms with Crippen LogP contribution >= 0.6 is 11.8 Å². The zero-order valence-corrected chi connectivity index (χ0v) is 17.2. The molecule has 3 aromatic carbocycles. The van der Waals surface area contributed by atoms with Crippen LogP contribution in [-0.4, -0.2) is 28.2 Å². The molecule has 0 spiro atoms. The average Bonchev–Trinajstić information content (AvgIpc) is 3.16. The predicted octanol–water partition coefficient (Wildman–Crippen LogP) is 5.48. The average molecular weight is 420 g/mol. The molecule has 6 nitrogen and oxygen atoms in total. The van der Waals surface area contributed by atoms with Gasteiger partial charge in [0.25, 0.3) is 0 Å². The standard InChI is InChI=1S/C23H21N3O3S/c1-2-28-18-11-12-20-21(14-18)26-23(25-20)30-15-22(27)24-16-7-6-10-19(13-16)29-17-8-4-3-5-9-17/h3-14H,2,15H2,1H3,(H,24,27)(H,25,26). The van der Waals surface area contributed by atoms with Crippen molar-refractivity contribution in [3.05, 3.63) is 72.8 Å². The molecular formula is C23H21N3O3S. The minimum atomic E-state index is -0.118. The largest absolute Gasteiger partial charge is 0.494 e. The molecule has 0 aliphatic rings. The highest BCUT2D eigenvalue weighted by Crippen LogP contribution is 2.25. The van der Waals surface area contributed by atoms with E-state index in [-0.39, 0.29) is 11.7 Å². The SMILES string of the molecule is CCOc1ccc2nc(SCC(=O)Nc3cccc(Oc4ccccc4)c3)[nH]c2c1. The van der Waals surface area contributed by atoms with Gasteiger partial charge in [-0.05, 0) is 43.3 Å². The van der Waals surface area contributed by atoms with Crippen molar-refractivity contribution in [1.82, 2.24) is 9.97 Å². The first-order valence-corrected chi connectivity index (χ1v) is 10.6. The number of nitrogens with one attached hydrogen (secondary N) is 2. The van der Waals surface area contributed by atoms with Gasteiger partial charge >= 0.3 is 0 Å². The fourth-order valence-electron chi connectivity index (χ4n) is 2.88. The summed E-state index contributed by atoms with van der Waals surface area (Å²) in [6.07, 6.45) is 0. The lowest BCUT2D eigenvalue weighted by Crippen LogP contribution is -2.14. The van der Waals surface area contributed by atoms with Gasteiger partial charge in [0.2, 0.25) is 5.91 Å². The quantitative estimate of drug-likeness (QED) is 0.370. The van der Waals surface area contributed by atoms with E-state index < -0.39 is 0 Å². The Bertz CT molecular complexity index is 1140. The van der Waals surface area contributed by atoms with Crippen LogP contribution in [0, 0.1) is 0 Å². The highest BCUT2D eigenvalue weighted by Gasteiger charge is 2.09. The molecule has 1 aromatic heterocycles. The lowest BCUT2D eigenvalue weighted by molar-refractivity contribution is -0.113. The highest BCUT2D eigenvalue weighted by molar-refractivity contribution is 7.99. The van der Waals surface area contributed by atoms with Crippen LogP contribution in [0.15, 0.2) is 78.0 Å². The Morgan fingerprint density at radius 2 is 1.83 bits per heavy atom. The van der Waals surface area contributed by atoms with Crippen molar-refractivity contribution in [2.45, 2.75) is 12.1 Å². The first kappa shape index (κ1) is 19.8.